The van der Waals surface area contributed by atoms with Crippen molar-refractivity contribution in [1.82, 2.24) is 9.55 Å². The molecule has 1 aromatic heterocycles. The highest BCUT2D eigenvalue weighted by Gasteiger charge is 2.08. The van der Waals surface area contributed by atoms with E-state index in [1.54, 1.807) is 10.6 Å². The number of aldehydes is 1. The fourth-order valence-corrected chi connectivity index (χ4v) is 1.50. The first-order chi connectivity index (χ1) is 6.86. The van der Waals surface area contributed by atoms with Gasteiger partial charge in [-0.3, -0.25) is 4.79 Å². The zero-order chi connectivity index (χ0) is 9.97. The van der Waals surface area contributed by atoms with Gasteiger partial charge in [-0.2, -0.15) is 0 Å². The van der Waals surface area contributed by atoms with Crippen LogP contribution in [0.25, 0.3) is 11.0 Å². The quantitative estimate of drug-likeness (QED) is 0.695. The van der Waals surface area contributed by atoms with Crippen LogP contribution in [0.1, 0.15) is 10.6 Å². The van der Waals surface area contributed by atoms with Crippen molar-refractivity contribution in [2.45, 2.75) is 6.54 Å². The van der Waals surface area contributed by atoms with Crippen molar-refractivity contribution in [3.8, 4) is 0 Å². The molecule has 72 valence electrons. The number of aromatic nitrogens is 2. The van der Waals surface area contributed by atoms with E-state index < -0.39 is 6.67 Å². The van der Waals surface area contributed by atoms with Gasteiger partial charge < -0.3 is 4.57 Å². The lowest BCUT2D eigenvalue weighted by Crippen LogP contribution is -2.04. The topological polar surface area (TPSA) is 34.9 Å². The Morgan fingerprint density at radius 1 is 1.43 bits per heavy atom. The second-order valence-electron chi connectivity index (χ2n) is 2.92. The first-order valence-electron chi connectivity index (χ1n) is 4.33. The van der Waals surface area contributed by atoms with Crippen molar-refractivity contribution < 1.29 is 9.18 Å². The molecule has 2 rings (SSSR count). The Labute approximate surface area is 80.2 Å². The second kappa shape index (κ2) is 3.57. The number of carbonyl (C=O) groups excluding carboxylic acids is 1. The van der Waals surface area contributed by atoms with Gasteiger partial charge in [-0.25, -0.2) is 9.37 Å². The molecule has 0 saturated heterocycles. The Bertz CT molecular complexity index is 464. The van der Waals surface area contributed by atoms with Crippen LogP contribution in [0.5, 0.6) is 0 Å². The molecule has 1 aromatic carbocycles. The zero-order valence-corrected chi connectivity index (χ0v) is 7.48. The Kier molecular flexibility index (Phi) is 2.26. The van der Waals surface area contributed by atoms with Gasteiger partial charge in [0.1, 0.15) is 6.67 Å². The monoisotopic (exact) mass is 192 g/mol. The number of benzene rings is 1. The fourth-order valence-electron chi connectivity index (χ4n) is 1.50. The van der Waals surface area contributed by atoms with Crippen LogP contribution in [-0.4, -0.2) is 22.5 Å². The number of rotatable bonds is 3. The Hall–Kier alpha value is -1.71. The van der Waals surface area contributed by atoms with Crippen LogP contribution in [0.2, 0.25) is 0 Å². The number of nitrogens with zero attached hydrogens (tertiary/aromatic N) is 2. The highest BCUT2D eigenvalue weighted by molar-refractivity contribution is 5.82. The minimum atomic E-state index is -0.499. The smallest absolute Gasteiger partial charge is 0.185 e. The number of fused-ring (bicyclic) bond motifs is 1. The molecule has 0 unspecified atom stereocenters. The van der Waals surface area contributed by atoms with E-state index in [0.29, 0.717) is 6.29 Å². The van der Waals surface area contributed by atoms with E-state index in [0.717, 1.165) is 11.0 Å². The van der Waals surface area contributed by atoms with E-state index in [9.17, 15) is 9.18 Å². The first kappa shape index (κ1) is 8.87. The lowest BCUT2D eigenvalue weighted by molar-refractivity contribution is 0.111. The number of hydrogen-bond donors (Lipinski definition) is 0. The van der Waals surface area contributed by atoms with Gasteiger partial charge in [-0.15, -0.1) is 0 Å². The minimum absolute atomic E-state index is 0.175. The van der Waals surface area contributed by atoms with E-state index in [1.807, 2.05) is 18.2 Å². The maximum absolute atomic E-state index is 12.2. The summed E-state index contributed by atoms with van der Waals surface area (Å²) in [7, 11) is 0. The molecular formula is C10H9FN2O. The standard InChI is InChI=1S/C10H9FN2O/c11-5-6-13-9-4-2-1-3-8(9)12-10(13)7-14/h1-4,7H,5-6H2. The molecule has 0 N–H and O–H groups in total. The maximum atomic E-state index is 12.2. The number of imidazole rings is 1. The Morgan fingerprint density at radius 2 is 2.21 bits per heavy atom. The zero-order valence-electron chi connectivity index (χ0n) is 7.48. The van der Waals surface area contributed by atoms with Crippen LogP contribution < -0.4 is 0 Å². The average molecular weight is 192 g/mol. The molecule has 0 saturated carbocycles. The van der Waals surface area contributed by atoms with Crippen molar-refractivity contribution in [3.63, 3.8) is 0 Å². The van der Waals surface area contributed by atoms with Crippen LogP contribution in [0.3, 0.4) is 0 Å². The van der Waals surface area contributed by atoms with Gasteiger partial charge in [0.05, 0.1) is 17.6 Å². The lowest BCUT2D eigenvalue weighted by atomic mass is 10.3. The second-order valence-corrected chi connectivity index (χ2v) is 2.92. The van der Waals surface area contributed by atoms with E-state index >= 15 is 0 Å². The van der Waals surface area contributed by atoms with Gasteiger partial charge in [0.25, 0.3) is 0 Å². The molecule has 0 atom stereocenters. The molecule has 0 bridgehead atoms. The van der Waals surface area contributed by atoms with Gasteiger partial charge in [0.15, 0.2) is 12.1 Å². The summed E-state index contributed by atoms with van der Waals surface area (Å²) in [4.78, 5) is 14.7. The first-order valence-corrected chi connectivity index (χ1v) is 4.33. The van der Waals surface area contributed by atoms with Gasteiger partial charge >= 0.3 is 0 Å². The summed E-state index contributed by atoms with van der Waals surface area (Å²) in [5.41, 5.74) is 1.52. The third kappa shape index (κ3) is 1.28. The number of halogens is 1. The molecule has 3 nitrogen and oxygen atoms in total. The van der Waals surface area contributed by atoms with Crippen LogP contribution >= 0.6 is 0 Å². The molecule has 0 aliphatic carbocycles. The number of aryl methyl sites for hydroxylation is 1. The summed E-state index contributed by atoms with van der Waals surface area (Å²) in [6.45, 7) is -0.324. The summed E-state index contributed by atoms with van der Waals surface area (Å²) >= 11 is 0. The number of carbonyl (C=O) groups is 1. The third-order valence-electron chi connectivity index (χ3n) is 2.10. The summed E-state index contributed by atoms with van der Waals surface area (Å²) in [6.07, 6.45) is 0.648. The minimum Gasteiger partial charge on any atom is -0.319 e. The Morgan fingerprint density at radius 3 is 2.93 bits per heavy atom. The Balaban J connectivity index is 2.67. The SMILES string of the molecule is O=Cc1nc2ccccc2n1CCF. The van der Waals surface area contributed by atoms with Crippen LogP contribution in [0, 0.1) is 0 Å². The van der Waals surface area contributed by atoms with Gasteiger partial charge in [-0.1, -0.05) is 12.1 Å². The van der Waals surface area contributed by atoms with Crippen molar-refractivity contribution in [2.75, 3.05) is 6.67 Å². The van der Waals surface area contributed by atoms with Gasteiger partial charge in [0.2, 0.25) is 0 Å². The van der Waals surface area contributed by atoms with Crippen molar-refractivity contribution in [1.29, 1.82) is 0 Å². The van der Waals surface area contributed by atoms with E-state index in [4.69, 9.17) is 0 Å². The molecule has 14 heavy (non-hydrogen) atoms. The van der Waals surface area contributed by atoms with Crippen molar-refractivity contribution >= 4 is 17.3 Å². The molecule has 0 aliphatic heterocycles. The number of alkyl halides is 1. The van der Waals surface area contributed by atoms with Crippen LogP contribution in [0.15, 0.2) is 24.3 Å². The van der Waals surface area contributed by atoms with Gasteiger partial charge in [0, 0.05) is 0 Å². The predicted octanol–water partition coefficient (Wildman–Crippen LogP) is 1.82. The van der Waals surface area contributed by atoms with E-state index in [1.165, 1.54) is 0 Å². The highest BCUT2D eigenvalue weighted by Crippen LogP contribution is 2.14. The van der Waals surface area contributed by atoms with E-state index in [-0.39, 0.29) is 12.4 Å². The molecule has 4 heteroatoms. The van der Waals surface area contributed by atoms with Crippen molar-refractivity contribution in [3.05, 3.63) is 30.1 Å². The molecule has 0 aliphatic rings. The van der Waals surface area contributed by atoms with Crippen molar-refractivity contribution in [2.24, 2.45) is 0 Å². The van der Waals surface area contributed by atoms with Crippen LogP contribution in [-0.2, 0) is 6.54 Å². The molecule has 0 spiro atoms. The molecular weight excluding hydrogens is 183 g/mol. The molecule has 0 fully saturated rings. The third-order valence-corrected chi connectivity index (χ3v) is 2.10. The van der Waals surface area contributed by atoms with Crippen LogP contribution in [0.4, 0.5) is 4.39 Å². The van der Waals surface area contributed by atoms with Gasteiger partial charge in [-0.05, 0) is 12.1 Å². The number of hydrogen-bond acceptors (Lipinski definition) is 2. The predicted molar refractivity (Wildman–Crippen MR) is 51.1 cm³/mol. The maximum Gasteiger partial charge on any atom is 0.185 e. The fraction of sp³-hybridized carbons (Fsp3) is 0.200. The van der Waals surface area contributed by atoms with E-state index in [2.05, 4.69) is 4.98 Å². The molecule has 1 heterocycles. The summed E-state index contributed by atoms with van der Waals surface area (Å²) < 4.78 is 13.8. The highest BCUT2D eigenvalue weighted by atomic mass is 19.1. The number of para-hydroxylation sites is 2. The normalized spacial score (nSPS) is 10.6. The summed E-state index contributed by atoms with van der Waals surface area (Å²) in [5, 5.41) is 0. The molecule has 0 radical (unpaired) electrons. The molecule has 0 amide bonds. The summed E-state index contributed by atoms with van der Waals surface area (Å²) in [6, 6.07) is 7.30. The largest absolute Gasteiger partial charge is 0.319 e. The average Bonchev–Trinajstić information content (AvgIpc) is 2.58. The molecule has 2 aromatic rings. The lowest BCUT2D eigenvalue weighted by Gasteiger charge is -2.00. The summed E-state index contributed by atoms with van der Waals surface area (Å²) in [5.74, 6) is 0.281.